The number of hydrogen-bond donors (Lipinski definition) is 3. The van der Waals surface area contributed by atoms with Crippen molar-refractivity contribution in [1.29, 1.82) is 0 Å². The number of benzene rings is 2. The second kappa shape index (κ2) is 8.93. The average Bonchev–Trinajstić information content (AvgIpc) is 3.39. The van der Waals surface area contributed by atoms with Gasteiger partial charge in [-0.15, -0.1) is 0 Å². The molecule has 3 aromatic rings. The molecule has 5 rings (SSSR count). The maximum Gasteiger partial charge on any atom is 0.267 e. The van der Waals surface area contributed by atoms with Crippen molar-refractivity contribution >= 4 is 22.9 Å². The van der Waals surface area contributed by atoms with Crippen LogP contribution in [0.2, 0.25) is 0 Å². The van der Waals surface area contributed by atoms with Gasteiger partial charge in [0.1, 0.15) is 0 Å². The number of nitrogens with zero attached hydrogens (tertiary/aromatic N) is 1. The van der Waals surface area contributed by atoms with Gasteiger partial charge in [0.05, 0.1) is 0 Å². The fourth-order valence-electron chi connectivity index (χ4n) is 5.08. The highest BCUT2D eigenvalue weighted by Gasteiger charge is 2.32. The van der Waals surface area contributed by atoms with Gasteiger partial charge in [0.2, 0.25) is 0 Å². The van der Waals surface area contributed by atoms with Crippen LogP contribution in [0, 0.1) is 12.8 Å². The smallest absolute Gasteiger partial charge is 0.267 e. The second-order valence-corrected chi connectivity index (χ2v) is 9.37. The number of aromatic nitrogens is 1. The SMILES string of the molecule is Cc1ccc2c(CCN(CC3CC3)C3CCc4cc(C=CC(=O)NO)ccc43)c[nH]c2c1. The first-order valence-corrected chi connectivity index (χ1v) is 11.7. The first kappa shape index (κ1) is 21.0. The van der Waals surface area contributed by atoms with Crippen LogP contribution in [-0.2, 0) is 17.6 Å². The molecule has 5 nitrogen and oxygen atoms in total. The highest BCUT2D eigenvalue weighted by atomic mass is 16.5. The van der Waals surface area contributed by atoms with Gasteiger partial charge < -0.3 is 4.98 Å². The van der Waals surface area contributed by atoms with E-state index in [1.807, 2.05) is 0 Å². The average molecular weight is 430 g/mol. The third kappa shape index (κ3) is 4.50. The lowest BCUT2D eigenvalue weighted by Gasteiger charge is -2.30. The van der Waals surface area contributed by atoms with Crippen molar-refractivity contribution in [3.05, 3.63) is 76.5 Å². The molecule has 2 aromatic carbocycles. The number of hydrogen-bond acceptors (Lipinski definition) is 3. The first-order chi connectivity index (χ1) is 15.6. The van der Waals surface area contributed by atoms with Crippen molar-refractivity contribution in [2.45, 2.75) is 45.1 Å². The highest BCUT2D eigenvalue weighted by Crippen LogP contribution is 2.40. The van der Waals surface area contributed by atoms with Crippen molar-refractivity contribution in [1.82, 2.24) is 15.4 Å². The summed E-state index contributed by atoms with van der Waals surface area (Å²) in [6.45, 7) is 4.39. The molecule has 0 radical (unpaired) electrons. The Morgan fingerprint density at radius 1 is 1.22 bits per heavy atom. The molecule has 1 saturated carbocycles. The summed E-state index contributed by atoms with van der Waals surface area (Å²) in [5.74, 6) is 0.343. The molecule has 1 atom stereocenters. The van der Waals surface area contributed by atoms with E-state index in [0.29, 0.717) is 6.04 Å². The summed E-state index contributed by atoms with van der Waals surface area (Å²) in [5.41, 5.74) is 9.37. The van der Waals surface area contributed by atoms with Gasteiger partial charge in [-0.1, -0.05) is 30.3 Å². The lowest BCUT2D eigenvalue weighted by atomic mass is 10.0. The van der Waals surface area contributed by atoms with Crippen molar-refractivity contribution < 1.29 is 10.0 Å². The minimum Gasteiger partial charge on any atom is -0.361 e. The lowest BCUT2D eigenvalue weighted by molar-refractivity contribution is -0.124. The molecule has 2 aliphatic carbocycles. The van der Waals surface area contributed by atoms with Crippen LogP contribution in [0.4, 0.5) is 0 Å². The van der Waals surface area contributed by atoms with E-state index in [-0.39, 0.29) is 0 Å². The van der Waals surface area contributed by atoms with Gasteiger partial charge >= 0.3 is 0 Å². The van der Waals surface area contributed by atoms with Crippen LogP contribution in [0.1, 0.15) is 53.1 Å². The van der Waals surface area contributed by atoms with E-state index in [9.17, 15) is 4.79 Å². The van der Waals surface area contributed by atoms with Crippen LogP contribution in [-0.4, -0.2) is 34.1 Å². The summed E-state index contributed by atoms with van der Waals surface area (Å²) in [4.78, 5) is 17.4. The molecular weight excluding hydrogens is 398 g/mol. The zero-order chi connectivity index (χ0) is 22.1. The molecule has 1 amide bonds. The molecule has 5 heteroatoms. The molecular formula is C27H31N3O2. The normalized spacial score (nSPS) is 18.0. The molecule has 166 valence electrons. The molecule has 32 heavy (non-hydrogen) atoms. The lowest BCUT2D eigenvalue weighted by Crippen LogP contribution is -2.31. The highest BCUT2D eigenvalue weighted by molar-refractivity contribution is 5.90. The van der Waals surface area contributed by atoms with Crippen LogP contribution in [0.5, 0.6) is 0 Å². The van der Waals surface area contributed by atoms with Gasteiger partial charge in [-0.25, -0.2) is 5.48 Å². The van der Waals surface area contributed by atoms with Gasteiger partial charge in [0, 0.05) is 42.3 Å². The fourth-order valence-corrected chi connectivity index (χ4v) is 5.08. The predicted octanol–water partition coefficient (Wildman–Crippen LogP) is 4.94. The number of carbonyl (C=O) groups excluding carboxylic acids is 1. The molecule has 0 spiro atoms. The fraction of sp³-hybridized carbons (Fsp3) is 0.370. The van der Waals surface area contributed by atoms with Crippen LogP contribution in [0.3, 0.4) is 0 Å². The van der Waals surface area contributed by atoms with Crippen molar-refractivity contribution in [3.63, 3.8) is 0 Å². The summed E-state index contributed by atoms with van der Waals surface area (Å²) in [7, 11) is 0. The molecule has 1 heterocycles. The number of fused-ring (bicyclic) bond motifs is 2. The van der Waals surface area contributed by atoms with E-state index in [2.05, 4.69) is 59.4 Å². The number of amides is 1. The third-order valence-corrected chi connectivity index (χ3v) is 6.97. The number of rotatable bonds is 8. The van der Waals surface area contributed by atoms with Crippen molar-refractivity contribution in [3.8, 4) is 0 Å². The Morgan fingerprint density at radius 2 is 2.09 bits per heavy atom. The molecule has 1 fully saturated rings. The summed E-state index contributed by atoms with van der Waals surface area (Å²) >= 11 is 0. The van der Waals surface area contributed by atoms with E-state index in [4.69, 9.17) is 5.21 Å². The zero-order valence-corrected chi connectivity index (χ0v) is 18.6. The van der Waals surface area contributed by atoms with Gasteiger partial charge in [0.15, 0.2) is 0 Å². The van der Waals surface area contributed by atoms with Crippen LogP contribution in [0.25, 0.3) is 17.0 Å². The minimum atomic E-state index is -0.508. The Labute approximate surface area is 189 Å². The number of aromatic amines is 1. The molecule has 2 aliphatic rings. The monoisotopic (exact) mass is 429 g/mol. The van der Waals surface area contributed by atoms with Crippen molar-refractivity contribution in [2.24, 2.45) is 5.92 Å². The van der Waals surface area contributed by atoms with Crippen LogP contribution >= 0.6 is 0 Å². The molecule has 1 aromatic heterocycles. The Bertz CT molecular complexity index is 1160. The quantitative estimate of drug-likeness (QED) is 0.270. The predicted molar refractivity (Wildman–Crippen MR) is 128 cm³/mol. The maximum absolute atomic E-state index is 11.3. The number of aryl methyl sites for hydroxylation is 2. The Balaban J connectivity index is 1.33. The Morgan fingerprint density at radius 3 is 2.91 bits per heavy atom. The summed E-state index contributed by atoms with van der Waals surface area (Å²) < 4.78 is 0. The molecule has 1 unspecified atom stereocenters. The van der Waals surface area contributed by atoms with E-state index < -0.39 is 5.91 Å². The number of H-pyrrole nitrogens is 1. The zero-order valence-electron chi connectivity index (χ0n) is 18.6. The summed E-state index contributed by atoms with van der Waals surface area (Å²) in [6, 6.07) is 13.6. The summed E-state index contributed by atoms with van der Waals surface area (Å²) in [6.07, 6.45) is 11.3. The minimum absolute atomic E-state index is 0.469. The maximum atomic E-state index is 11.3. The van der Waals surface area contributed by atoms with Gasteiger partial charge in [0.25, 0.3) is 5.91 Å². The second-order valence-electron chi connectivity index (χ2n) is 9.37. The largest absolute Gasteiger partial charge is 0.361 e. The molecule has 0 saturated heterocycles. The van der Waals surface area contributed by atoms with Crippen molar-refractivity contribution in [2.75, 3.05) is 13.1 Å². The molecule has 3 N–H and O–H groups in total. The third-order valence-electron chi connectivity index (χ3n) is 6.97. The van der Waals surface area contributed by atoms with E-state index >= 15 is 0 Å². The number of hydroxylamine groups is 1. The Kier molecular flexibility index (Phi) is 5.85. The van der Waals surface area contributed by atoms with E-state index in [1.54, 1.807) is 11.6 Å². The van der Waals surface area contributed by atoms with Gasteiger partial charge in [-0.2, -0.15) is 0 Å². The van der Waals surface area contributed by atoms with E-state index in [1.165, 1.54) is 58.6 Å². The number of carbonyl (C=O) groups is 1. The molecule has 0 aliphatic heterocycles. The van der Waals surface area contributed by atoms with E-state index in [0.717, 1.165) is 37.3 Å². The summed E-state index contributed by atoms with van der Waals surface area (Å²) in [5, 5.41) is 10.0. The van der Waals surface area contributed by atoms with Crippen LogP contribution in [0.15, 0.2) is 48.7 Å². The Hall–Kier alpha value is -2.89. The molecule has 0 bridgehead atoms. The first-order valence-electron chi connectivity index (χ1n) is 11.7. The van der Waals surface area contributed by atoms with Gasteiger partial charge in [-0.3, -0.25) is 14.9 Å². The standard InChI is InChI=1S/C27H31N3O2/c1-18-2-8-23-22(16-28-25(23)14-18)12-13-30(17-20-3-4-20)26-10-7-21-15-19(5-9-24(21)26)6-11-27(31)29-32/h2,5-6,8-9,11,14-16,20,26,28,32H,3-4,7,10,12-13,17H2,1H3,(H,29,31). The van der Waals surface area contributed by atoms with Crippen LogP contribution < -0.4 is 5.48 Å². The number of nitrogens with one attached hydrogen (secondary N) is 2. The topological polar surface area (TPSA) is 68.4 Å². The van der Waals surface area contributed by atoms with Gasteiger partial charge in [-0.05, 0) is 84.9 Å².